The zero-order valence-electron chi connectivity index (χ0n) is 15.4. The zero-order chi connectivity index (χ0) is 19.5. The van der Waals surface area contributed by atoms with Crippen LogP contribution in [-0.4, -0.2) is 18.8 Å². The molecule has 3 aromatic carbocycles. The van der Waals surface area contributed by atoms with E-state index in [1.807, 2.05) is 54.6 Å². The lowest BCUT2D eigenvalue weighted by molar-refractivity contribution is 0.102. The summed E-state index contributed by atoms with van der Waals surface area (Å²) in [6, 6.07) is 22.1. The molecule has 0 radical (unpaired) electrons. The summed E-state index contributed by atoms with van der Waals surface area (Å²) in [6.45, 7) is 0. The van der Waals surface area contributed by atoms with Gasteiger partial charge in [-0.15, -0.1) is 0 Å². The van der Waals surface area contributed by atoms with Crippen LogP contribution in [-0.2, 0) is 6.42 Å². The van der Waals surface area contributed by atoms with Gasteiger partial charge in [-0.3, -0.25) is 9.59 Å². The molecule has 1 amide bonds. The number of benzene rings is 3. The van der Waals surface area contributed by atoms with Crippen molar-refractivity contribution in [2.45, 2.75) is 6.42 Å². The van der Waals surface area contributed by atoms with Gasteiger partial charge < -0.3 is 10.1 Å². The second-order valence-corrected chi connectivity index (χ2v) is 6.64. The topological polar surface area (TPSA) is 55.4 Å². The molecule has 0 bridgehead atoms. The Bertz CT molecular complexity index is 1080. The van der Waals surface area contributed by atoms with Gasteiger partial charge in [-0.25, -0.2) is 0 Å². The maximum Gasteiger partial charge on any atom is 0.255 e. The molecule has 1 aliphatic carbocycles. The molecule has 0 aromatic heterocycles. The van der Waals surface area contributed by atoms with Crippen LogP contribution in [0.2, 0.25) is 0 Å². The molecule has 0 saturated carbocycles. The Morgan fingerprint density at radius 3 is 2.54 bits per heavy atom. The molecule has 4 nitrogen and oxygen atoms in total. The highest BCUT2D eigenvalue weighted by molar-refractivity contribution is 6.15. The van der Waals surface area contributed by atoms with Crippen LogP contribution < -0.4 is 10.1 Å². The number of ketones is 1. The normalized spacial score (nSPS) is 14.0. The summed E-state index contributed by atoms with van der Waals surface area (Å²) in [5, 5.41) is 2.90. The van der Waals surface area contributed by atoms with Crippen LogP contribution in [0.1, 0.15) is 31.8 Å². The lowest BCUT2D eigenvalue weighted by Crippen LogP contribution is -2.11. The lowest BCUT2D eigenvalue weighted by atomic mass is 10.1. The number of nitrogens with one attached hydrogen (secondary N) is 1. The van der Waals surface area contributed by atoms with E-state index in [2.05, 4.69) is 5.32 Å². The first kappa shape index (κ1) is 17.7. The van der Waals surface area contributed by atoms with Crippen molar-refractivity contribution < 1.29 is 14.3 Å². The maximum atomic E-state index is 12.6. The Hall–Kier alpha value is -3.66. The number of hydrogen-bond acceptors (Lipinski definition) is 3. The van der Waals surface area contributed by atoms with Gasteiger partial charge in [0.05, 0.1) is 7.11 Å². The van der Waals surface area contributed by atoms with Crippen molar-refractivity contribution in [1.29, 1.82) is 0 Å². The highest BCUT2D eigenvalue weighted by atomic mass is 16.5. The molecule has 4 rings (SSSR count). The van der Waals surface area contributed by atoms with Crippen molar-refractivity contribution in [2.75, 3.05) is 12.4 Å². The minimum absolute atomic E-state index is 0.0725. The van der Waals surface area contributed by atoms with E-state index in [1.54, 1.807) is 31.4 Å². The number of methoxy groups -OCH3 is 1. The van der Waals surface area contributed by atoms with E-state index in [0.717, 1.165) is 22.3 Å². The van der Waals surface area contributed by atoms with Gasteiger partial charge in [0.25, 0.3) is 5.91 Å². The van der Waals surface area contributed by atoms with E-state index in [-0.39, 0.29) is 11.7 Å². The number of carbonyl (C=O) groups is 2. The van der Waals surface area contributed by atoms with E-state index in [0.29, 0.717) is 23.4 Å². The Balaban J connectivity index is 1.52. The summed E-state index contributed by atoms with van der Waals surface area (Å²) < 4.78 is 5.11. The third kappa shape index (κ3) is 3.58. The molecule has 0 spiro atoms. The smallest absolute Gasteiger partial charge is 0.255 e. The molecular weight excluding hydrogens is 350 g/mol. The van der Waals surface area contributed by atoms with Crippen molar-refractivity contribution in [3.63, 3.8) is 0 Å². The standard InChI is InChI=1S/C24H19NO3/c1-28-21-11-9-17(10-12-21)24(27)25-20-7-4-5-16(14-20)13-19-15-18-6-2-3-8-22(18)23(19)26/h2-14H,15H2,1H3,(H,25,27)/b19-13+. The van der Waals surface area contributed by atoms with Crippen molar-refractivity contribution in [2.24, 2.45) is 0 Å². The van der Waals surface area contributed by atoms with Crippen LogP contribution in [0.25, 0.3) is 6.08 Å². The maximum absolute atomic E-state index is 12.6. The Labute approximate surface area is 163 Å². The molecule has 28 heavy (non-hydrogen) atoms. The average Bonchev–Trinajstić information content (AvgIpc) is 3.04. The molecule has 0 aliphatic heterocycles. The summed E-state index contributed by atoms with van der Waals surface area (Å²) >= 11 is 0. The molecule has 1 N–H and O–H groups in total. The fraction of sp³-hybridized carbons (Fsp3) is 0.0833. The molecule has 0 heterocycles. The molecule has 0 unspecified atom stereocenters. The minimum Gasteiger partial charge on any atom is -0.497 e. The van der Waals surface area contributed by atoms with E-state index in [4.69, 9.17) is 4.74 Å². The number of rotatable bonds is 4. The van der Waals surface area contributed by atoms with Crippen molar-refractivity contribution in [3.05, 3.63) is 101 Å². The first-order chi connectivity index (χ1) is 13.6. The summed E-state index contributed by atoms with van der Waals surface area (Å²) in [5.41, 5.74) is 4.70. The fourth-order valence-electron chi connectivity index (χ4n) is 3.32. The Morgan fingerprint density at radius 2 is 1.79 bits per heavy atom. The second-order valence-electron chi connectivity index (χ2n) is 6.64. The van der Waals surface area contributed by atoms with Gasteiger partial charge in [0, 0.05) is 28.8 Å². The number of anilines is 1. The largest absolute Gasteiger partial charge is 0.497 e. The van der Waals surface area contributed by atoms with Gasteiger partial charge >= 0.3 is 0 Å². The van der Waals surface area contributed by atoms with Gasteiger partial charge in [-0.1, -0.05) is 36.4 Å². The van der Waals surface area contributed by atoms with Gasteiger partial charge in [0.1, 0.15) is 5.75 Å². The number of amides is 1. The van der Waals surface area contributed by atoms with Crippen LogP contribution in [0.3, 0.4) is 0 Å². The molecule has 0 saturated heterocycles. The highest BCUT2D eigenvalue weighted by Gasteiger charge is 2.23. The lowest BCUT2D eigenvalue weighted by Gasteiger charge is -2.07. The summed E-state index contributed by atoms with van der Waals surface area (Å²) in [5.74, 6) is 0.576. The van der Waals surface area contributed by atoms with Crippen LogP contribution in [0.15, 0.2) is 78.4 Å². The molecule has 1 aliphatic rings. The first-order valence-electron chi connectivity index (χ1n) is 9.03. The molecule has 4 heteroatoms. The van der Waals surface area contributed by atoms with Gasteiger partial charge in [-0.05, 0) is 53.6 Å². The summed E-state index contributed by atoms with van der Waals surface area (Å²) in [4.78, 5) is 25.0. The fourth-order valence-corrected chi connectivity index (χ4v) is 3.32. The van der Waals surface area contributed by atoms with Crippen LogP contribution >= 0.6 is 0 Å². The second kappa shape index (κ2) is 7.53. The Morgan fingerprint density at radius 1 is 1.00 bits per heavy atom. The number of ether oxygens (including phenoxy) is 1. The summed E-state index contributed by atoms with van der Waals surface area (Å²) in [7, 11) is 1.59. The first-order valence-corrected chi connectivity index (χ1v) is 9.03. The highest BCUT2D eigenvalue weighted by Crippen LogP contribution is 2.28. The van der Waals surface area contributed by atoms with Crippen LogP contribution in [0.5, 0.6) is 5.75 Å². The van der Waals surface area contributed by atoms with Crippen molar-refractivity contribution in [1.82, 2.24) is 0 Å². The third-order valence-electron chi connectivity index (χ3n) is 4.77. The summed E-state index contributed by atoms with van der Waals surface area (Å²) in [6.07, 6.45) is 2.53. The molecule has 138 valence electrons. The number of carbonyl (C=O) groups excluding carboxylic acids is 2. The van der Waals surface area contributed by atoms with E-state index >= 15 is 0 Å². The third-order valence-corrected chi connectivity index (χ3v) is 4.77. The zero-order valence-corrected chi connectivity index (χ0v) is 15.4. The molecule has 0 atom stereocenters. The predicted octanol–water partition coefficient (Wildman–Crippen LogP) is 4.77. The number of hydrogen-bond donors (Lipinski definition) is 1. The number of allylic oxidation sites excluding steroid dienone is 1. The van der Waals surface area contributed by atoms with Crippen molar-refractivity contribution >= 4 is 23.5 Å². The van der Waals surface area contributed by atoms with Gasteiger partial charge in [0.15, 0.2) is 5.78 Å². The van der Waals surface area contributed by atoms with E-state index in [9.17, 15) is 9.59 Å². The van der Waals surface area contributed by atoms with Gasteiger partial charge in [-0.2, -0.15) is 0 Å². The predicted molar refractivity (Wildman–Crippen MR) is 110 cm³/mol. The van der Waals surface area contributed by atoms with Gasteiger partial charge in [0.2, 0.25) is 0 Å². The monoisotopic (exact) mass is 369 g/mol. The molecular formula is C24H19NO3. The van der Waals surface area contributed by atoms with E-state index in [1.165, 1.54) is 0 Å². The Kier molecular flexibility index (Phi) is 4.77. The van der Waals surface area contributed by atoms with E-state index < -0.39 is 0 Å². The van der Waals surface area contributed by atoms with Crippen molar-refractivity contribution in [3.8, 4) is 5.75 Å². The minimum atomic E-state index is -0.197. The SMILES string of the molecule is COc1ccc(C(=O)Nc2cccc(/C=C3\Cc4ccccc4C3=O)c2)cc1. The average molecular weight is 369 g/mol. The molecule has 3 aromatic rings. The number of fused-ring (bicyclic) bond motifs is 1. The quantitative estimate of drug-likeness (QED) is 0.674. The number of Topliss-reactive ketones (excluding diaryl/α,β-unsaturated/α-hetero) is 1. The van der Waals surface area contributed by atoms with Crippen LogP contribution in [0, 0.1) is 0 Å². The molecule has 0 fully saturated rings. The van der Waals surface area contributed by atoms with Crippen LogP contribution in [0.4, 0.5) is 5.69 Å².